The summed E-state index contributed by atoms with van der Waals surface area (Å²) in [5.74, 6) is 0.0981. The van der Waals surface area contributed by atoms with Gasteiger partial charge < -0.3 is 4.74 Å². The van der Waals surface area contributed by atoms with Crippen molar-refractivity contribution in [2.75, 3.05) is 6.61 Å². The summed E-state index contributed by atoms with van der Waals surface area (Å²) >= 11 is 0. The van der Waals surface area contributed by atoms with Gasteiger partial charge in [0.2, 0.25) is 10.0 Å². The molecule has 2 aromatic rings. The lowest BCUT2D eigenvalue weighted by molar-refractivity contribution is 0.263. The monoisotopic (exact) mass is 307 g/mol. The minimum Gasteiger partial charge on any atom is -0.493 e. The first-order valence-corrected chi connectivity index (χ1v) is 8.04. The van der Waals surface area contributed by atoms with Gasteiger partial charge in [0, 0.05) is 12.0 Å². The van der Waals surface area contributed by atoms with Crippen LogP contribution in [0.2, 0.25) is 0 Å². The quantitative estimate of drug-likeness (QED) is 0.948. The second-order valence-electron chi connectivity index (χ2n) is 4.81. The van der Waals surface area contributed by atoms with Crippen molar-refractivity contribution in [1.29, 1.82) is 0 Å². The molecule has 1 unspecified atom stereocenters. The van der Waals surface area contributed by atoms with Crippen LogP contribution in [0, 0.1) is 5.82 Å². The Balaban J connectivity index is 1.90. The lowest BCUT2D eigenvalue weighted by Crippen LogP contribution is -2.32. The van der Waals surface area contributed by atoms with Gasteiger partial charge in [0.05, 0.1) is 17.5 Å². The van der Waals surface area contributed by atoms with E-state index < -0.39 is 15.8 Å². The van der Waals surface area contributed by atoms with Crippen LogP contribution in [0.15, 0.2) is 53.4 Å². The zero-order valence-corrected chi connectivity index (χ0v) is 11.9. The molecule has 21 heavy (non-hydrogen) atoms. The molecule has 1 aliphatic rings. The van der Waals surface area contributed by atoms with Crippen LogP contribution in [0.1, 0.15) is 18.0 Å². The van der Waals surface area contributed by atoms with Gasteiger partial charge in [-0.25, -0.2) is 17.5 Å². The van der Waals surface area contributed by atoms with E-state index in [9.17, 15) is 12.8 Å². The zero-order chi connectivity index (χ0) is 14.9. The van der Waals surface area contributed by atoms with Crippen molar-refractivity contribution in [3.05, 3.63) is 59.9 Å². The molecule has 0 saturated carbocycles. The first kappa shape index (κ1) is 14.0. The minimum atomic E-state index is -3.77. The summed E-state index contributed by atoms with van der Waals surface area (Å²) in [4.78, 5) is -0.0773. The van der Waals surface area contributed by atoms with Gasteiger partial charge in [0.15, 0.2) is 0 Å². The number of para-hydroxylation sites is 1. The molecule has 1 aliphatic heterocycles. The van der Waals surface area contributed by atoms with E-state index in [1.165, 1.54) is 18.2 Å². The van der Waals surface area contributed by atoms with Crippen LogP contribution in [0.4, 0.5) is 4.39 Å². The van der Waals surface area contributed by atoms with Crippen LogP contribution in [-0.2, 0) is 10.0 Å². The summed E-state index contributed by atoms with van der Waals surface area (Å²) in [5.41, 5.74) is 0.795. The molecule has 2 aromatic carbocycles. The van der Waals surface area contributed by atoms with Crippen LogP contribution in [0.25, 0.3) is 0 Å². The Kier molecular flexibility index (Phi) is 3.65. The van der Waals surface area contributed by atoms with Crippen LogP contribution in [0.5, 0.6) is 5.75 Å². The van der Waals surface area contributed by atoms with Crippen molar-refractivity contribution >= 4 is 10.0 Å². The maximum absolute atomic E-state index is 13.2. The predicted molar refractivity (Wildman–Crippen MR) is 76.0 cm³/mol. The fraction of sp³-hybridized carbons (Fsp3) is 0.200. The first-order valence-electron chi connectivity index (χ1n) is 6.56. The molecule has 3 rings (SSSR count). The Morgan fingerprint density at radius 3 is 2.76 bits per heavy atom. The Hall–Kier alpha value is -1.92. The zero-order valence-electron chi connectivity index (χ0n) is 11.1. The van der Waals surface area contributed by atoms with Crippen molar-refractivity contribution in [3.63, 3.8) is 0 Å². The predicted octanol–water partition coefficient (Wildman–Crippen LogP) is 2.63. The number of sulfonamides is 1. The summed E-state index contributed by atoms with van der Waals surface area (Å²) in [6.45, 7) is 0.438. The van der Waals surface area contributed by atoms with E-state index in [2.05, 4.69) is 4.72 Å². The summed E-state index contributed by atoms with van der Waals surface area (Å²) in [6.07, 6.45) is 0.533. The number of halogens is 1. The summed E-state index contributed by atoms with van der Waals surface area (Å²) in [6, 6.07) is 11.9. The third kappa shape index (κ3) is 2.91. The maximum atomic E-state index is 13.2. The molecular weight excluding hydrogens is 293 g/mol. The van der Waals surface area contributed by atoms with Gasteiger partial charge in [0.25, 0.3) is 0 Å². The maximum Gasteiger partial charge on any atom is 0.241 e. The van der Waals surface area contributed by atoms with Crippen molar-refractivity contribution in [2.45, 2.75) is 17.4 Å². The standard InChI is InChI=1S/C15H14FNO3S/c16-11-4-3-5-12(10-11)21(18,19)17-14-8-9-20-15-7-2-1-6-13(14)15/h1-7,10,14,17H,8-9H2. The molecule has 6 heteroatoms. The molecule has 0 aliphatic carbocycles. The number of nitrogens with one attached hydrogen (secondary N) is 1. The Labute approximate surface area is 122 Å². The van der Waals surface area contributed by atoms with Gasteiger partial charge in [0.1, 0.15) is 11.6 Å². The smallest absolute Gasteiger partial charge is 0.241 e. The van der Waals surface area contributed by atoms with Gasteiger partial charge in [-0.3, -0.25) is 0 Å². The number of rotatable bonds is 3. The van der Waals surface area contributed by atoms with E-state index in [1.807, 2.05) is 18.2 Å². The van der Waals surface area contributed by atoms with E-state index in [0.29, 0.717) is 18.8 Å². The molecule has 1 atom stereocenters. The van der Waals surface area contributed by atoms with Crippen molar-refractivity contribution in [2.24, 2.45) is 0 Å². The van der Waals surface area contributed by atoms with Crippen molar-refractivity contribution < 1.29 is 17.5 Å². The molecule has 1 N–H and O–H groups in total. The van der Waals surface area contributed by atoms with Gasteiger partial charge in [-0.2, -0.15) is 0 Å². The number of ether oxygens (including phenoxy) is 1. The second-order valence-corrected chi connectivity index (χ2v) is 6.52. The van der Waals surface area contributed by atoms with Crippen LogP contribution < -0.4 is 9.46 Å². The molecule has 4 nitrogen and oxygen atoms in total. The van der Waals surface area contributed by atoms with Crippen LogP contribution >= 0.6 is 0 Å². The summed E-state index contributed by atoms with van der Waals surface area (Å²) in [7, 11) is -3.77. The lowest BCUT2D eigenvalue weighted by Gasteiger charge is -2.26. The van der Waals surface area contributed by atoms with E-state index in [-0.39, 0.29) is 10.9 Å². The molecule has 0 fully saturated rings. The minimum absolute atomic E-state index is 0.0773. The molecule has 1 heterocycles. The Morgan fingerprint density at radius 2 is 1.95 bits per heavy atom. The molecule has 0 saturated heterocycles. The largest absolute Gasteiger partial charge is 0.493 e. The molecule has 110 valence electrons. The van der Waals surface area contributed by atoms with E-state index >= 15 is 0 Å². The van der Waals surface area contributed by atoms with Gasteiger partial charge in [-0.15, -0.1) is 0 Å². The highest BCUT2D eigenvalue weighted by Crippen LogP contribution is 2.32. The molecule has 0 spiro atoms. The van der Waals surface area contributed by atoms with Gasteiger partial charge in [-0.1, -0.05) is 24.3 Å². The highest BCUT2D eigenvalue weighted by molar-refractivity contribution is 7.89. The normalized spacial score (nSPS) is 17.9. The van der Waals surface area contributed by atoms with Crippen molar-refractivity contribution in [3.8, 4) is 5.75 Å². The third-order valence-corrected chi connectivity index (χ3v) is 4.83. The fourth-order valence-corrected chi connectivity index (χ4v) is 3.63. The van der Waals surface area contributed by atoms with Crippen molar-refractivity contribution in [1.82, 2.24) is 4.72 Å². The topological polar surface area (TPSA) is 55.4 Å². The molecule has 0 amide bonds. The highest BCUT2D eigenvalue weighted by atomic mass is 32.2. The fourth-order valence-electron chi connectivity index (χ4n) is 2.35. The first-order chi connectivity index (χ1) is 10.1. The molecule has 0 aromatic heterocycles. The average molecular weight is 307 g/mol. The third-order valence-electron chi connectivity index (χ3n) is 3.36. The van der Waals surface area contributed by atoms with E-state index in [0.717, 1.165) is 11.6 Å². The number of fused-ring (bicyclic) bond motifs is 1. The summed E-state index contributed by atoms with van der Waals surface area (Å²) in [5, 5.41) is 0. The molecule has 0 bridgehead atoms. The van der Waals surface area contributed by atoms with E-state index in [4.69, 9.17) is 4.74 Å². The van der Waals surface area contributed by atoms with Gasteiger partial charge >= 0.3 is 0 Å². The lowest BCUT2D eigenvalue weighted by atomic mass is 10.0. The van der Waals surface area contributed by atoms with Crippen LogP contribution in [-0.4, -0.2) is 15.0 Å². The number of benzene rings is 2. The Bertz CT molecular complexity index is 761. The molecule has 0 radical (unpaired) electrons. The second kappa shape index (κ2) is 5.46. The summed E-state index contributed by atoms with van der Waals surface area (Å²) < 4.78 is 46.0. The Morgan fingerprint density at radius 1 is 1.14 bits per heavy atom. The van der Waals surface area contributed by atoms with Crippen LogP contribution in [0.3, 0.4) is 0 Å². The van der Waals surface area contributed by atoms with E-state index in [1.54, 1.807) is 6.07 Å². The van der Waals surface area contributed by atoms with Gasteiger partial charge in [-0.05, 0) is 24.3 Å². The number of hydrogen-bond acceptors (Lipinski definition) is 3. The molecular formula is C15H14FNO3S. The highest BCUT2D eigenvalue weighted by Gasteiger charge is 2.26. The number of hydrogen-bond donors (Lipinski definition) is 1. The SMILES string of the molecule is O=S(=O)(NC1CCOc2ccccc21)c1cccc(F)c1. The average Bonchev–Trinajstić information content (AvgIpc) is 2.47.